The van der Waals surface area contributed by atoms with Crippen LogP contribution in [0.15, 0.2) is 50.6 Å². The summed E-state index contributed by atoms with van der Waals surface area (Å²) in [5.74, 6) is -3.31. The van der Waals surface area contributed by atoms with Crippen molar-refractivity contribution in [2.24, 2.45) is 0 Å². The maximum Gasteiger partial charge on any atom is 0.307 e. The van der Waals surface area contributed by atoms with Crippen LogP contribution in [0.1, 0.15) is 25.7 Å². The van der Waals surface area contributed by atoms with Crippen molar-refractivity contribution in [3.63, 3.8) is 0 Å². The van der Waals surface area contributed by atoms with Crippen molar-refractivity contribution in [2.75, 3.05) is 0 Å². The van der Waals surface area contributed by atoms with Crippen molar-refractivity contribution in [1.82, 2.24) is 0 Å². The number of aliphatic carboxylic acids is 4. The van der Waals surface area contributed by atoms with Gasteiger partial charge in [-0.1, -0.05) is 24.3 Å². The Hall–Kier alpha value is -2.28. The molecule has 25 heavy (non-hydrogen) atoms. The average Bonchev–Trinajstić information content (AvgIpc) is 2.39. The summed E-state index contributed by atoms with van der Waals surface area (Å²) in [7, 11) is 0. The van der Waals surface area contributed by atoms with Gasteiger partial charge in [-0.2, -0.15) is 0 Å². The van der Waals surface area contributed by atoms with Gasteiger partial charge >= 0.3 is 23.9 Å². The topological polar surface area (TPSA) is 149 Å². The van der Waals surface area contributed by atoms with Crippen LogP contribution in [0, 0.1) is 0 Å². The largest absolute Gasteiger partial charge is 0.481 e. The van der Waals surface area contributed by atoms with E-state index in [1.165, 1.54) is 24.3 Å². The molecule has 0 bridgehead atoms. The van der Waals surface area contributed by atoms with Crippen LogP contribution in [0.3, 0.4) is 0 Å². The summed E-state index contributed by atoms with van der Waals surface area (Å²) in [6.45, 7) is 12.9. The van der Waals surface area contributed by atoms with Gasteiger partial charge in [0.25, 0.3) is 0 Å². The van der Waals surface area contributed by atoms with Gasteiger partial charge in [0.15, 0.2) is 0 Å². The van der Waals surface area contributed by atoms with Gasteiger partial charge < -0.3 is 20.4 Å². The Kier molecular flexibility index (Phi) is 40.6. The van der Waals surface area contributed by atoms with Gasteiger partial charge in [-0.25, -0.2) is 0 Å². The fourth-order valence-corrected chi connectivity index (χ4v) is 0.494. The number of carbonyl (C=O) groups is 4. The zero-order chi connectivity index (χ0) is 20.0. The second-order valence-corrected chi connectivity index (χ2v) is 3.55. The summed E-state index contributed by atoms with van der Waals surface area (Å²) in [5.41, 5.74) is 0. The van der Waals surface area contributed by atoms with Crippen LogP contribution in [0.2, 0.25) is 0 Å². The molecular formula is C16H24O8Zr. The predicted octanol–water partition coefficient (Wildman–Crippen LogP) is 2.59. The fourth-order valence-electron chi connectivity index (χ4n) is 0.494. The third-order valence-electron chi connectivity index (χ3n) is 1.28. The van der Waals surface area contributed by atoms with Gasteiger partial charge in [0.2, 0.25) is 0 Å². The SMILES string of the molecule is C=CCC(=O)O.C=CCC(=O)O.C=CCC(=O)O.C=CCC(=O)O.[Zr]. The quantitative estimate of drug-likeness (QED) is 0.425. The van der Waals surface area contributed by atoms with Gasteiger partial charge in [0.05, 0.1) is 25.7 Å². The fraction of sp³-hybridized carbons (Fsp3) is 0.250. The first-order chi connectivity index (χ1) is 11.1. The minimum atomic E-state index is -0.829. The molecule has 0 aromatic rings. The van der Waals surface area contributed by atoms with E-state index in [4.69, 9.17) is 20.4 Å². The van der Waals surface area contributed by atoms with E-state index in [2.05, 4.69) is 26.3 Å². The Morgan fingerprint density at radius 2 is 0.640 bits per heavy atom. The molecule has 0 unspecified atom stereocenters. The zero-order valence-corrected chi connectivity index (χ0v) is 16.3. The van der Waals surface area contributed by atoms with Gasteiger partial charge in [-0.05, 0) is 0 Å². The molecule has 0 aromatic heterocycles. The first-order valence-corrected chi connectivity index (χ1v) is 6.39. The van der Waals surface area contributed by atoms with E-state index in [1.54, 1.807) is 0 Å². The van der Waals surface area contributed by atoms with E-state index in [0.717, 1.165) is 0 Å². The standard InChI is InChI=1S/4C4H6O2.Zr/c4*1-2-3-4(5)6;/h4*2H,1,3H2,(H,5,6);. The van der Waals surface area contributed by atoms with Crippen LogP contribution in [-0.4, -0.2) is 44.3 Å². The van der Waals surface area contributed by atoms with E-state index in [1.807, 2.05) is 0 Å². The van der Waals surface area contributed by atoms with Gasteiger partial charge in [-0.3, -0.25) is 19.2 Å². The summed E-state index contributed by atoms with van der Waals surface area (Å²) in [6, 6.07) is 0. The van der Waals surface area contributed by atoms with Gasteiger partial charge in [0, 0.05) is 26.2 Å². The molecule has 0 spiro atoms. The van der Waals surface area contributed by atoms with Crippen molar-refractivity contribution in [3.05, 3.63) is 50.6 Å². The molecule has 0 aliphatic heterocycles. The molecule has 140 valence electrons. The smallest absolute Gasteiger partial charge is 0.307 e. The Morgan fingerprint density at radius 1 is 0.520 bits per heavy atom. The second kappa shape index (κ2) is 29.7. The predicted molar refractivity (Wildman–Crippen MR) is 89.8 cm³/mol. The van der Waals surface area contributed by atoms with E-state index in [0.29, 0.717) is 0 Å². The number of carboxylic acid groups (broad SMARTS) is 4. The third-order valence-corrected chi connectivity index (χ3v) is 1.28. The second-order valence-electron chi connectivity index (χ2n) is 3.55. The number of carboxylic acids is 4. The Morgan fingerprint density at radius 3 is 0.640 bits per heavy atom. The van der Waals surface area contributed by atoms with Crippen LogP contribution in [0.25, 0.3) is 0 Å². The molecule has 0 fully saturated rings. The molecule has 0 aliphatic carbocycles. The molecular weight excluding hydrogens is 411 g/mol. The molecule has 4 N–H and O–H groups in total. The van der Waals surface area contributed by atoms with Crippen LogP contribution < -0.4 is 0 Å². The minimum absolute atomic E-state index is 0. The summed E-state index contributed by atoms with van der Waals surface area (Å²) in [4.78, 5) is 38.1. The Balaban J connectivity index is -0.0000000702. The van der Waals surface area contributed by atoms with E-state index >= 15 is 0 Å². The molecule has 0 saturated carbocycles. The van der Waals surface area contributed by atoms with Crippen molar-refractivity contribution in [3.8, 4) is 0 Å². The van der Waals surface area contributed by atoms with Gasteiger partial charge in [-0.15, -0.1) is 26.3 Å². The van der Waals surface area contributed by atoms with E-state index in [-0.39, 0.29) is 51.9 Å². The Bertz CT molecular complexity index is 350. The van der Waals surface area contributed by atoms with Crippen molar-refractivity contribution in [2.45, 2.75) is 25.7 Å². The van der Waals surface area contributed by atoms with Crippen molar-refractivity contribution in [1.29, 1.82) is 0 Å². The maximum atomic E-state index is 9.53. The first kappa shape index (κ1) is 34.1. The van der Waals surface area contributed by atoms with Crippen molar-refractivity contribution >= 4 is 23.9 Å². The van der Waals surface area contributed by atoms with Crippen LogP contribution in [-0.2, 0) is 45.4 Å². The average molecular weight is 436 g/mol. The zero-order valence-electron chi connectivity index (χ0n) is 13.9. The summed E-state index contributed by atoms with van der Waals surface area (Å²) < 4.78 is 0. The van der Waals surface area contributed by atoms with Crippen LogP contribution in [0.4, 0.5) is 0 Å². The van der Waals surface area contributed by atoms with E-state index in [9.17, 15) is 19.2 Å². The van der Waals surface area contributed by atoms with Crippen molar-refractivity contribution < 1.29 is 65.8 Å². The summed E-state index contributed by atoms with van der Waals surface area (Å²) in [5, 5.41) is 31.4. The summed E-state index contributed by atoms with van der Waals surface area (Å²) >= 11 is 0. The monoisotopic (exact) mass is 434 g/mol. The normalized spacial score (nSPS) is 7.04. The molecule has 0 atom stereocenters. The van der Waals surface area contributed by atoms with E-state index < -0.39 is 23.9 Å². The molecule has 9 heteroatoms. The summed E-state index contributed by atoms with van der Waals surface area (Å²) in [6.07, 6.45) is 5.62. The molecule has 8 nitrogen and oxygen atoms in total. The minimum Gasteiger partial charge on any atom is -0.481 e. The number of hydrogen-bond donors (Lipinski definition) is 4. The molecule has 0 heterocycles. The van der Waals surface area contributed by atoms with Crippen LogP contribution in [0.5, 0.6) is 0 Å². The number of hydrogen-bond acceptors (Lipinski definition) is 4. The third kappa shape index (κ3) is 89.4. The molecule has 0 saturated heterocycles. The first-order valence-electron chi connectivity index (χ1n) is 6.39. The molecule has 0 aromatic carbocycles. The number of rotatable bonds is 8. The molecule has 0 rings (SSSR count). The van der Waals surface area contributed by atoms with Crippen LogP contribution >= 0.6 is 0 Å². The molecule has 0 radical (unpaired) electrons. The Labute approximate surface area is 166 Å². The molecule has 0 amide bonds. The maximum absolute atomic E-state index is 9.53. The van der Waals surface area contributed by atoms with Gasteiger partial charge in [0.1, 0.15) is 0 Å². The molecule has 0 aliphatic rings.